The molecule has 1 heterocycles. The van der Waals surface area contributed by atoms with E-state index in [1.807, 2.05) is 31.2 Å². The van der Waals surface area contributed by atoms with Crippen LogP contribution in [0.15, 0.2) is 41.5 Å². The standard InChI is InChI=1S/C20H20N2O3/c1-2-25-12-5-3-4-11(8-12)10-21-22-19(23)17-13-6-7-14(16-9-15(13)16)18(17)20(22)24/h3-8,10,13-18H,2,9H2,1H3/b21-10-/t13-,14-,15-,16-,17+,18+/m0/s1. The van der Waals surface area contributed by atoms with Gasteiger partial charge in [-0.05, 0) is 54.7 Å². The average molecular weight is 336 g/mol. The van der Waals surface area contributed by atoms with E-state index in [9.17, 15) is 9.59 Å². The lowest BCUT2D eigenvalue weighted by atomic mass is 9.63. The molecule has 25 heavy (non-hydrogen) atoms. The van der Waals surface area contributed by atoms with Gasteiger partial charge in [-0.3, -0.25) is 9.59 Å². The Hall–Kier alpha value is -2.43. The van der Waals surface area contributed by atoms with Crippen molar-refractivity contribution in [3.63, 3.8) is 0 Å². The average Bonchev–Trinajstić information content (AvgIpc) is 3.40. The Balaban J connectivity index is 1.40. The van der Waals surface area contributed by atoms with Gasteiger partial charge in [-0.1, -0.05) is 24.3 Å². The summed E-state index contributed by atoms with van der Waals surface area (Å²) in [5.74, 6) is 1.79. The summed E-state index contributed by atoms with van der Waals surface area (Å²) in [4.78, 5) is 25.7. The van der Waals surface area contributed by atoms with E-state index in [0.717, 1.165) is 16.3 Å². The highest BCUT2D eigenvalue weighted by Crippen LogP contribution is 2.65. The van der Waals surface area contributed by atoms with E-state index in [1.165, 1.54) is 6.42 Å². The predicted molar refractivity (Wildman–Crippen MR) is 91.8 cm³/mol. The summed E-state index contributed by atoms with van der Waals surface area (Å²) in [6, 6.07) is 7.48. The lowest BCUT2D eigenvalue weighted by molar-refractivity contribution is -0.140. The molecule has 0 spiro atoms. The quantitative estimate of drug-likeness (QED) is 0.482. The zero-order valence-corrected chi connectivity index (χ0v) is 14.0. The minimum atomic E-state index is -0.196. The van der Waals surface area contributed by atoms with Gasteiger partial charge >= 0.3 is 0 Å². The molecule has 2 amide bonds. The van der Waals surface area contributed by atoms with Crippen LogP contribution in [0, 0.1) is 35.5 Å². The number of carbonyl (C=O) groups is 2. The smallest absolute Gasteiger partial charge is 0.254 e. The Morgan fingerprint density at radius 3 is 2.48 bits per heavy atom. The van der Waals surface area contributed by atoms with E-state index in [4.69, 9.17) is 4.74 Å². The van der Waals surface area contributed by atoms with Gasteiger partial charge in [0.2, 0.25) is 0 Å². The summed E-state index contributed by atoms with van der Waals surface area (Å²) < 4.78 is 5.47. The van der Waals surface area contributed by atoms with Crippen LogP contribution in [-0.4, -0.2) is 29.6 Å². The van der Waals surface area contributed by atoms with Crippen molar-refractivity contribution in [2.45, 2.75) is 13.3 Å². The number of hydrogen-bond acceptors (Lipinski definition) is 4. The number of rotatable bonds is 4. The fourth-order valence-electron chi connectivity index (χ4n) is 5.03. The van der Waals surface area contributed by atoms with Crippen molar-refractivity contribution < 1.29 is 14.3 Å². The van der Waals surface area contributed by atoms with Gasteiger partial charge in [0.15, 0.2) is 0 Å². The molecule has 1 aliphatic heterocycles. The van der Waals surface area contributed by atoms with Crippen molar-refractivity contribution in [3.05, 3.63) is 42.0 Å². The molecule has 3 fully saturated rings. The van der Waals surface area contributed by atoms with Crippen LogP contribution in [0.4, 0.5) is 0 Å². The van der Waals surface area contributed by atoms with Gasteiger partial charge in [-0.2, -0.15) is 10.1 Å². The van der Waals surface area contributed by atoms with Crippen LogP contribution in [0.1, 0.15) is 18.9 Å². The summed E-state index contributed by atoms with van der Waals surface area (Å²) in [5.41, 5.74) is 0.811. The van der Waals surface area contributed by atoms with Crippen LogP contribution < -0.4 is 4.74 Å². The van der Waals surface area contributed by atoms with Crippen molar-refractivity contribution in [3.8, 4) is 5.75 Å². The topological polar surface area (TPSA) is 59.0 Å². The molecule has 5 nitrogen and oxygen atoms in total. The Bertz CT molecular complexity index is 779. The van der Waals surface area contributed by atoms with Gasteiger partial charge in [-0.25, -0.2) is 0 Å². The first-order chi connectivity index (χ1) is 12.2. The molecule has 5 heteroatoms. The van der Waals surface area contributed by atoms with Crippen LogP contribution in [0.2, 0.25) is 0 Å². The van der Waals surface area contributed by atoms with Gasteiger partial charge in [0.1, 0.15) is 5.75 Å². The number of ether oxygens (including phenoxy) is 1. The largest absolute Gasteiger partial charge is 0.494 e. The number of amides is 2. The second kappa shape index (κ2) is 5.28. The number of allylic oxidation sites excluding steroid dienone is 2. The maximum absolute atomic E-state index is 12.8. The molecular formula is C20H20N2O3. The van der Waals surface area contributed by atoms with Crippen LogP contribution >= 0.6 is 0 Å². The molecule has 0 unspecified atom stereocenters. The van der Waals surface area contributed by atoms with E-state index >= 15 is 0 Å². The molecule has 1 aromatic carbocycles. The number of nitrogens with zero attached hydrogens (tertiary/aromatic N) is 2. The molecule has 0 radical (unpaired) electrons. The second-order valence-electron chi connectivity index (χ2n) is 7.39. The van der Waals surface area contributed by atoms with Crippen molar-refractivity contribution in [2.24, 2.45) is 40.6 Å². The number of hydrazone groups is 1. The number of benzene rings is 1. The summed E-state index contributed by atoms with van der Waals surface area (Å²) in [6.45, 7) is 2.52. The SMILES string of the molecule is CCOc1cccc(/C=N\N2C(=O)[C@@H]3[C@H]4C=C[C@@H]([C@@H]5C[C@@H]45)[C@H]3C2=O)c1. The minimum Gasteiger partial charge on any atom is -0.494 e. The Morgan fingerprint density at radius 2 is 1.84 bits per heavy atom. The molecule has 1 saturated heterocycles. The maximum Gasteiger partial charge on any atom is 0.254 e. The first kappa shape index (κ1) is 14.9. The zero-order chi connectivity index (χ0) is 17.1. The van der Waals surface area contributed by atoms with Gasteiger partial charge in [0.05, 0.1) is 24.7 Å². The molecule has 6 rings (SSSR count). The Labute approximate surface area is 146 Å². The third kappa shape index (κ3) is 2.11. The van der Waals surface area contributed by atoms with Crippen LogP contribution in [0.5, 0.6) is 5.75 Å². The number of imide groups is 1. The van der Waals surface area contributed by atoms with E-state index in [-0.39, 0.29) is 35.5 Å². The second-order valence-corrected chi connectivity index (χ2v) is 7.39. The third-order valence-corrected chi connectivity index (χ3v) is 6.13. The highest BCUT2D eigenvalue weighted by Gasteiger charge is 2.67. The van der Waals surface area contributed by atoms with Crippen molar-refractivity contribution in [2.75, 3.05) is 6.61 Å². The summed E-state index contributed by atoms with van der Waals surface area (Å²) >= 11 is 0. The monoisotopic (exact) mass is 336 g/mol. The third-order valence-electron chi connectivity index (χ3n) is 6.13. The van der Waals surface area contributed by atoms with E-state index in [1.54, 1.807) is 6.21 Å². The Morgan fingerprint density at radius 1 is 1.16 bits per heavy atom. The Kier molecular flexibility index (Phi) is 3.14. The highest BCUT2D eigenvalue weighted by atomic mass is 16.5. The fraction of sp³-hybridized carbons (Fsp3) is 0.450. The number of carbonyl (C=O) groups excluding carboxylic acids is 2. The number of hydrogen-bond donors (Lipinski definition) is 0. The molecule has 2 saturated carbocycles. The van der Waals surface area contributed by atoms with Crippen molar-refractivity contribution in [1.29, 1.82) is 0 Å². The normalized spacial score (nSPS) is 37.6. The van der Waals surface area contributed by atoms with Gasteiger partial charge in [0.25, 0.3) is 11.8 Å². The van der Waals surface area contributed by atoms with Crippen LogP contribution in [0.25, 0.3) is 0 Å². The fourth-order valence-corrected chi connectivity index (χ4v) is 5.03. The maximum atomic E-state index is 12.8. The van der Waals surface area contributed by atoms with Gasteiger partial charge < -0.3 is 4.74 Å². The summed E-state index contributed by atoms with van der Waals surface area (Å²) in [6.07, 6.45) is 7.09. The zero-order valence-electron chi connectivity index (χ0n) is 14.0. The molecule has 2 bridgehead atoms. The molecule has 4 aliphatic carbocycles. The van der Waals surface area contributed by atoms with E-state index in [2.05, 4.69) is 17.3 Å². The molecule has 0 N–H and O–H groups in total. The first-order valence-electron chi connectivity index (χ1n) is 9.02. The molecule has 5 aliphatic rings. The predicted octanol–water partition coefficient (Wildman–Crippen LogP) is 2.47. The van der Waals surface area contributed by atoms with Gasteiger partial charge in [-0.15, -0.1) is 0 Å². The first-order valence-corrected chi connectivity index (χ1v) is 9.02. The molecule has 0 aromatic heterocycles. The van der Waals surface area contributed by atoms with E-state index in [0.29, 0.717) is 18.4 Å². The van der Waals surface area contributed by atoms with Crippen LogP contribution in [0.3, 0.4) is 0 Å². The molecule has 1 aromatic rings. The molecule has 128 valence electrons. The molecular weight excluding hydrogens is 316 g/mol. The minimum absolute atomic E-state index is 0.128. The van der Waals surface area contributed by atoms with Crippen LogP contribution in [-0.2, 0) is 9.59 Å². The lowest BCUT2D eigenvalue weighted by Crippen LogP contribution is -2.40. The summed E-state index contributed by atoms with van der Waals surface area (Å²) in [5, 5.41) is 5.35. The summed E-state index contributed by atoms with van der Waals surface area (Å²) in [7, 11) is 0. The lowest BCUT2D eigenvalue weighted by Gasteiger charge is -2.37. The van der Waals surface area contributed by atoms with E-state index < -0.39 is 0 Å². The molecule has 6 atom stereocenters. The van der Waals surface area contributed by atoms with Crippen molar-refractivity contribution >= 4 is 18.0 Å². The van der Waals surface area contributed by atoms with Crippen molar-refractivity contribution in [1.82, 2.24) is 5.01 Å². The highest BCUT2D eigenvalue weighted by molar-refractivity contribution is 6.06. The van der Waals surface area contributed by atoms with Gasteiger partial charge in [0, 0.05) is 0 Å².